The van der Waals surface area contributed by atoms with Crippen LogP contribution in [0, 0.1) is 10.1 Å². The molecule has 0 bridgehead atoms. The fraction of sp³-hybridized carbons (Fsp3) is 0.250. The zero-order valence-electron chi connectivity index (χ0n) is 12.7. The predicted molar refractivity (Wildman–Crippen MR) is 82.8 cm³/mol. The second kappa shape index (κ2) is 7.31. The molecule has 128 valence electrons. The Labute approximate surface area is 136 Å². The molecule has 0 radical (unpaired) electrons. The first kappa shape index (κ1) is 17.7. The largest absolute Gasteiger partial charge is 0.416 e. The highest BCUT2D eigenvalue weighted by atomic mass is 19.4. The number of halogens is 3. The van der Waals surface area contributed by atoms with Crippen molar-refractivity contribution < 1.29 is 22.8 Å². The molecule has 0 aliphatic carbocycles. The van der Waals surface area contributed by atoms with Crippen LogP contribution in [0.4, 0.5) is 24.5 Å². The second-order valence-corrected chi connectivity index (χ2v) is 5.00. The van der Waals surface area contributed by atoms with Gasteiger partial charge in [0, 0.05) is 19.7 Å². The van der Waals surface area contributed by atoms with Gasteiger partial charge in [0.1, 0.15) is 5.69 Å². The van der Waals surface area contributed by atoms with E-state index in [2.05, 4.69) is 5.32 Å². The van der Waals surface area contributed by atoms with Gasteiger partial charge in [-0.2, -0.15) is 13.2 Å². The van der Waals surface area contributed by atoms with Gasteiger partial charge in [0.15, 0.2) is 0 Å². The Bertz CT molecular complexity index is 705. The zero-order chi connectivity index (χ0) is 17.7. The quantitative estimate of drug-likeness (QED) is 0.625. The second-order valence-electron chi connectivity index (χ2n) is 5.00. The molecule has 0 aliphatic heterocycles. The summed E-state index contributed by atoms with van der Waals surface area (Å²) in [5, 5.41) is 13.8. The molecular formula is C16H15F3N2O3. The first-order valence-corrected chi connectivity index (χ1v) is 7.00. The molecule has 2 aromatic rings. The highest BCUT2D eigenvalue weighted by Crippen LogP contribution is 2.35. The summed E-state index contributed by atoms with van der Waals surface area (Å²) in [5.74, 6) is 0. The van der Waals surface area contributed by atoms with Gasteiger partial charge in [-0.1, -0.05) is 30.3 Å². The molecule has 2 aromatic carbocycles. The van der Waals surface area contributed by atoms with Crippen molar-refractivity contribution in [1.82, 2.24) is 0 Å². The van der Waals surface area contributed by atoms with Gasteiger partial charge in [-0.25, -0.2) is 0 Å². The molecule has 8 heteroatoms. The SMILES string of the molecule is CO[C@@H](CNc1ccc(C(F)(F)F)cc1[N+](=O)[O-])c1ccccc1. The summed E-state index contributed by atoms with van der Waals surface area (Å²) in [4.78, 5) is 10.2. The lowest BCUT2D eigenvalue weighted by molar-refractivity contribution is -0.384. The molecule has 0 aromatic heterocycles. The molecule has 0 amide bonds. The van der Waals surface area contributed by atoms with E-state index in [0.29, 0.717) is 6.07 Å². The Morgan fingerprint density at radius 3 is 2.42 bits per heavy atom. The van der Waals surface area contributed by atoms with Crippen LogP contribution < -0.4 is 5.32 Å². The standard InChI is InChI=1S/C16H15F3N2O3/c1-24-15(11-5-3-2-4-6-11)10-20-13-8-7-12(16(17,18)19)9-14(13)21(22)23/h2-9,15,20H,10H2,1H3/t15-/m0/s1. The van der Waals surface area contributed by atoms with E-state index in [4.69, 9.17) is 4.74 Å². The highest BCUT2D eigenvalue weighted by molar-refractivity contribution is 5.63. The molecule has 5 nitrogen and oxygen atoms in total. The van der Waals surface area contributed by atoms with Gasteiger partial charge in [-0.05, 0) is 17.7 Å². The van der Waals surface area contributed by atoms with Gasteiger partial charge < -0.3 is 10.1 Å². The summed E-state index contributed by atoms with van der Waals surface area (Å²) in [6, 6.07) is 11.5. The van der Waals surface area contributed by atoms with E-state index in [9.17, 15) is 23.3 Å². The molecule has 1 N–H and O–H groups in total. The number of nitrogens with zero attached hydrogens (tertiary/aromatic N) is 1. The fourth-order valence-corrected chi connectivity index (χ4v) is 2.22. The number of nitro benzene ring substituents is 1. The molecule has 0 heterocycles. The third kappa shape index (κ3) is 4.23. The summed E-state index contributed by atoms with van der Waals surface area (Å²) in [6.07, 6.45) is -5.03. The van der Waals surface area contributed by atoms with Gasteiger partial charge in [0.05, 0.1) is 16.6 Å². The van der Waals surface area contributed by atoms with Crippen LogP contribution in [0.5, 0.6) is 0 Å². The molecule has 0 spiro atoms. The van der Waals surface area contributed by atoms with Crippen LogP contribution in [0.25, 0.3) is 0 Å². The van der Waals surface area contributed by atoms with Crippen LogP contribution in [0.2, 0.25) is 0 Å². The predicted octanol–water partition coefficient (Wildman–Crippen LogP) is 4.41. The Hall–Kier alpha value is -2.61. The summed E-state index contributed by atoms with van der Waals surface area (Å²) >= 11 is 0. The van der Waals surface area contributed by atoms with Gasteiger partial charge in [-0.3, -0.25) is 10.1 Å². The lowest BCUT2D eigenvalue weighted by Gasteiger charge is -2.17. The van der Waals surface area contributed by atoms with Crippen LogP contribution in [0.3, 0.4) is 0 Å². The van der Waals surface area contributed by atoms with Gasteiger partial charge in [0.25, 0.3) is 5.69 Å². The number of methoxy groups -OCH3 is 1. The van der Waals surface area contributed by atoms with Crippen molar-refractivity contribution in [2.45, 2.75) is 12.3 Å². The van der Waals surface area contributed by atoms with Crippen LogP contribution in [0.1, 0.15) is 17.2 Å². The maximum atomic E-state index is 12.7. The van der Waals surface area contributed by atoms with Crippen molar-refractivity contribution in [3.05, 3.63) is 69.8 Å². The molecule has 0 unspecified atom stereocenters. The van der Waals surface area contributed by atoms with Gasteiger partial charge in [-0.15, -0.1) is 0 Å². The maximum Gasteiger partial charge on any atom is 0.416 e. The molecule has 0 saturated carbocycles. The first-order valence-electron chi connectivity index (χ1n) is 7.00. The minimum Gasteiger partial charge on any atom is -0.377 e. The third-order valence-corrected chi connectivity index (χ3v) is 3.46. The number of hydrogen-bond donors (Lipinski definition) is 1. The lowest BCUT2D eigenvalue weighted by atomic mass is 10.1. The summed E-state index contributed by atoms with van der Waals surface area (Å²) in [7, 11) is 1.49. The lowest BCUT2D eigenvalue weighted by Crippen LogP contribution is -2.15. The Kier molecular flexibility index (Phi) is 5.40. The average Bonchev–Trinajstić information content (AvgIpc) is 2.55. The normalized spacial score (nSPS) is 12.7. The molecule has 0 aliphatic rings. The van der Waals surface area contributed by atoms with Crippen LogP contribution in [-0.4, -0.2) is 18.6 Å². The number of rotatable bonds is 6. The first-order chi connectivity index (χ1) is 11.3. The number of nitro groups is 1. The molecule has 0 fully saturated rings. The van der Waals surface area contributed by atoms with Gasteiger partial charge in [0.2, 0.25) is 0 Å². The van der Waals surface area contributed by atoms with E-state index in [1.807, 2.05) is 30.3 Å². The van der Waals surface area contributed by atoms with Crippen LogP contribution in [-0.2, 0) is 10.9 Å². The minimum absolute atomic E-state index is 0.00554. The topological polar surface area (TPSA) is 64.4 Å². The number of anilines is 1. The van der Waals surface area contributed by atoms with Gasteiger partial charge >= 0.3 is 6.18 Å². The van der Waals surface area contributed by atoms with Crippen molar-refractivity contribution in [3.63, 3.8) is 0 Å². The van der Waals surface area contributed by atoms with E-state index in [1.165, 1.54) is 7.11 Å². The van der Waals surface area contributed by atoms with E-state index in [-0.39, 0.29) is 12.2 Å². The van der Waals surface area contributed by atoms with Crippen molar-refractivity contribution in [2.24, 2.45) is 0 Å². The molecule has 0 saturated heterocycles. The van der Waals surface area contributed by atoms with E-state index < -0.39 is 28.5 Å². The monoisotopic (exact) mass is 340 g/mol. The fourth-order valence-electron chi connectivity index (χ4n) is 2.22. The van der Waals surface area contributed by atoms with Crippen molar-refractivity contribution in [2.75, 3.05) is 19.0 Å². The van der Waals surface area contributed by atoms with Crippen LogP contribution >= 0.6 is 0 Å². The maximum absolute atomic E-state index is 12.7. The number of nitrogens with one attached hydrogen (secondary N) is 1. The van der Waals surface area contributed by atoms with Crippen LogP contribution in [0.15, 0.2) is 48.5 Å². The zero-order valence-corrected chi connectivity index (χ0v) is 12.7. The molecular weight excluding hydrogens is 325 g/mol. The Morgan fingerprint density at radius 1 is 1.21 bits per heavy atom. The molecule has 24 heavy (non-hydrogen) atoms. The smallest absolute Gasteiger partial charge is 0.377 e. The number of alkyl halides is 3. The third-order valence-electron chi connectivity index (χ3n) is 3.46. The minimum atomic E-state index is -4.64. The highest BCUT2D eigenvalue weighted by Gasteiger charge is 2.33. The van der Waals surface area contributed by atoms with E-state index in [1.54, 1.807) is 0 Å². The van der Waals surface area contributed by atoms with E-state index in [0.717, 1.165) is 17.7 Å². The number of ether oxygens (including phenoxy) is 1. The summed E-state index contributed by atoms with van der Waals surface area (Å²) in [6.45, 7) is 0.173. The summed E-state index contributed by atoms with van der Waals surface area (Å²) < 4.78 is 43.4. The Balaban J connectivity index is 2.21. The van der Waals surface area contributed by atoms with E-state index >= 15 is 0 Å². The number of benzene rings is 2. The van der Waals surface area contributed by atoms with Crippen molar-refractivity contribution in [3.8, 4) is 0 Å². The number of hydrogen-bond acceptors (Lipinski definition) is 4. The Morgan fingerprint density at radius 2 is 1.88 bits per heavy atom. The van der Waals surface area contributed by atoms with Crippen molar-refractivity contribution >= 4 is 11.4 Å². The van der Waals surface area contributed by atoms with Crippen molar-refractivity contribution in [1.29, 1.82) is 0 Å². The summed E-state index contributed by atoms with van der Waals surface area (Å²) in [5.41, 5.74) is -0.841. The molecule has 2 rings (SSSR count). The molecule has 1 atom stereocenters. The average molecular weight is 340 g/mol.